The van der Waals surface area contributed by atoms with E-state index in [1.54, 1.807) is 0 Å². The van der Waals surface area contributed by atoms with Gasteiger partial charge in [0.2, 0.25) is 5.96 Å². The first-order valence-electron chi connectivity index (χ1n) is 10.5. The van der Waals surface area contributed by atoms with E-state index in [-0.39, 0.29) is 0 Å². The van der Waals surface area contributed by atoms with Crippen LogP contribution in [0.25, 0.3) is 0 Å². The molecule has 3 aliphatic heterocycles. The van der Waals surface area contributed by atoms with Crippen molar-refractivity contribution in [1.82, 2.24) is 14.7 Å². The van der Waals surface area contributed by atoms with Gasteiger partial charge in [0.05, 0.1) is 13.1 Å². The monoisotopic (exact) mass is 384 g/mol. The van der Waals surface area contributed by atoms with E-state index in [1.165, 1.54) is 28.0 Å². The van der Waals surface area contributed by atoms with Gasteiger partial charge < -0.3 is 9.80 Å². The summed E-state index contributed by atoms with van der Waals surface area (Å²) in [6.07, 6.45) is 1.04. The Bertz CT molecular complexity index is 989. The molecule has 0 N–H and O–H groups in total. The average molecular weight is 385 g/mol. The molecule has 29 heavy (non-hydrogen) atoms. The van der Waals surface area contributed by atoms with Crippen LogP contribution in [-0.2, 0) is 13.1 Å². The maximum absolute atomic E-state index is 4.85. The molecular weight excluding hydrogens is 356 g/mol. The van der Waals surface area contributed by atoms with Gasteiger partial charge >= 0.3 is 0 Å². The molecule has 0 spiro atoms. The Labute approximate surface area is 173 Å². The third kappa shape index (κ3) is 3.38. The average Bonchev–Trinajstić information content (AvgIpc) is 3.23. The van der Waals surface area contributed by atoms with Crippen LogP contribution in [0.3, 0.4) is 0 Å². The van der Waals surface area contributed by atoms with Crippen LogP contribution in [0.15, 0.2) is 83.1 Å². The third-order valence-electron chi connectivity index (χ3n) is 6.29. The summed E-state index contributed by atoms with van der Waals surface area (Å²) >= 11 is 0. The zero-order valence-electron chi connectivity index (χ0n) is 17.1. The number of aliphatic imine (C=N–C) groups is 1. The Balaban J connectivity index is 1.45. The van der Waals surface area contributed by atoms with E-state index in [0.29, 0.717) is 0 Å². The molecule has 0 atom stereocenters. The first-order valence-corrected chi connectivity index (χ1v) is 10.5. The van der Waals surface area contributed by atoms with Gasteiger partial charge in [0.1, 0.15) is 0 Å². The molecule has 0 aromatic heterocycles. The molecule has 0 fully saturated rings. The summed E-state index contributed by atoms with van der Waals surface area (Å²) in [6, 6.07) is 19.5. The Morgan fingerprint density at radius 2 is 1.76 bits per heavy atom. The largest absolute Gasteiger partial charge is 0.311 e. The number of guanidine groups is 1. The highest BCUT2D eigenvalue weighted by atomic mass is 15.4. The fraction of sp³-hybridized carbons (Fsp3) is 0.320. The third-order valence-corrected chi connectivity index (χ3v) is 6.29. The van der Waals surface area contributed by atoms with Crippen molar-refractivity contribution in [2.75, 3.05) is 26.2 Å². The lowest BCUT2D eigenvalue weighted by molar-refractivity contribution is 0.245. The molecule has 0 amide bonds. The molecular formula is C25H28N4. The molecule has 3 heterocycles. The van der Waals surface area contributed by atoms with Crippen molar-refractivity contribution in [3.05, 3.63) is 94.8 Å². The van der Waals surface area contributed by atoms with Gasteiger partial charge in [-0.25, -0.2) is 0 Å². The molecule has 2 aromatic carbocycles. The fourth-order valence-electron chi connectivity index (χ4n) is 4.67. The zero-order chi connectivity index (χ0) is 19.8. The molecule has 0 saturated carbocycles. The summed E-state index contributed by atoms with van der Waals surface area (Å²) in [5.74, 6) is 1.09. The van der Waals surface area contributed by atoms with E-state index in [9.17, 15) is 0 Å². The topological polar surface area (TPSA) is 22.1 Å². The van der Waals surface area contributed by atoms with Crippen molar-refractivity contribution < 1.29 is 0 Å². The predicted octanol–water partition coefficient (Wildman–Crippen LogP) is 4.16. The van der Waals surface area contributed by atoms with E-state index in [0.717, 1.165) is 57.3 Å². The van der Waals surface area contributed by atoms with Crippen molar-refractivity contribution in [2.24, 2.45) is 4.99 Å². The van der Waals surface area contributed by atoms with Crippen LogP contribution in [0.1, 0.15) is 23.1 Å². The summed E-state index contributed by atoms with van der Waals surface area (Å²) in [4.78, 5) is 12.2. The number of hydrogen-bond donors (Lipinski definition) is 0. The van der Waals surface area contributed by atoms with Crippen molar-refractivity contribution >= 4 is 5.96 Å². The minimum Gasteiger partial charge on any atom is -0.311 e. The van der Waals surface area contributed by atoms with E-state index in [1.807, 2.05) is 0 Å². The Morgan fingerprint density at radius 3 is 2.59 bits per heavy atom. The Hall–Kier alpha value is -2.85. The molecule has 0 bridgehead atoms. The molecule has 0 radical (unpaired) electrons. The number of nitrogens with zero attached hydrogens (tertiary/aromatic N) is 4. The van der Waals surface area contributed by atoms with Gasteiger partial charge in [0.25, 0.3) is 0 Å². The summed E-state index contributed by atoms with van der Waals surface area (Å²) < 4.78 is 0. The number of benzene rings is 2. The molecule has 3 aliphatic rings. The lowest BCUT2D eigenvalue weighted by atomic mass is 9.97. The normalized spacial score (nSPS) is 19.3. The lowest BCUT2D eigenvalue weighted by Gasteiger charge is -2.44. The molecule has 2 aromatic rings. The predicted molar refractivity (Wildman–Crippen MR) is 118 cm³/mol. The van der Waals surface area contributed by atoms with Crippen molar-refractivity contribution in [2.45, 2.75) is 26.4 Å². The van der Waals surface area contributed by atoms with E-state index in [4.69, 9.17) is 4.99 Å². The van der Waals surface area contributed by atoms with E-state index < -0.39 is 0 Å². The van der Waals surface area contributed by atoms with Gasteiger partial charge in [-0.15, -0.1) is 0 Å². The van der Waals surface area contributed by atoms with Crippen molar-refractivity contribution in [3.8, 4) is 0 Å². The van der Waals surface area contributed by atoms with Gasteiger partial charge in [0, 0.05) is 49.6 Å². The van der Waals surface area contributed by atoms with Gasteiger partial charge in [-0.2, -0.15) is 0 Å². The second kappa shape index (κ2) is 7.53. The lowest BCUT2D eigenvalue weighted by Crippen LogP contribution is -2.49. The smallest absolute Gasteiger partial charge is 0.205 e. The first-order chi connectivity index (χ1) is 14.2. The maximum Gasteiger partial charge on any atom is 0.205 e. The Morgan fingerprint density at radius 1 is 0.966 bits per heavy atom. The first kappa shape index (κ1) is 18.2. The number of aryl methyl sites for hydroxylation is 1. The van der Waals surface area contributed by atoms with Crippen LogP contribution >= 0.6 is 0 Å². The zero-order valence-corrected chi connectivity index (χ0v) is 17.1. The quantitative estimate of drug-likeness (QED) is 0.790. The summed E-state index contributed by atoms with van der Waals surface area (Å²) in [5.41, 5.74) is 8.04. The summed E-state index contributed by atoms with van der Waals surface area (Å²) in [7, 11) is 0. The fourth-order valence-corrected chi connectivity index (χ4v) is 4.67. The SMILES string of the molecule is C=C1C2=C(CCN(Cc3ccccc3)C2)N(Cc2ccccc2C)C2=NCCN12. The second-order valence-corrected chi connectivity index (χ2v) is 8.16. The van der Waals surface area contributed by atoms with E-state index in [2.05, 4.69) is 82.8 Å². The standard InChI is InChI=1S/C25H28N4/c1-19-8-6-7-11-22(19)17-29-24-12-14-27(16-21-9-4-3-5-10-21)18-23(24)20(2)28-15-13-26-25(28)29/h3-11H,2,12-18H2,1H3. The molecule has 0 aliphatic carbocycles. The number of rotatable bonds is 4. The van der Waals surface area contributed by atoms with Crippen molar-refractivity contribution in [1.29, 1.82) is 0 Å². The van der Waals surface area contributed by atoms with Crippen LogP contribution in [0.5, 0.6) is 0 Å². The highest BCUT2D eigenvalue weighted by molar-refractivity contribution is 5.88. The molecule has 4 nitrogen and oxygen atoms in total. The van der Waals surface area contributed by atoms with Crippen LogP contribution in [0.2, 0.25) is 0 Å². The molecule has 5 rings (SSSR count). The van der Waals surface area contributed by atoms with Crippen molar-refractivity contribution in [3.63, 3.8) is 0 Å². The Kier molecular flexibility index (Phi) is 4.72. The number of hydrogen-bond acceptors (Lipinski definition) is 4. The minimum atomic E-state index is 0.854. The van der Waals surface area contributed by atoms with E-state index >= 15 is 0 Å². The van der Waals surface area contributed by atoms with Crippen LogP contribution in [0, 0.1) is 6.92 Å². The van der Waals surface area contributed by atoms with Gasteiger partial charge in [-0.3, -0.25) is 9.89 Å². The van der Waals surface area contributed by atoms with Crippen LogP contribution in [-0.4, -0.2) is 46.8 Å². The van der Waals surface area contributed by atoms with Crippen LogP contribution < -0.4 is 0 Å². The minimum absolute atomic E-state index is 0.854. The van der Waals surface area contributed by atoms with Gasteiger partial charge in [-0.1, -0.05) is 61.2 Å². The van der Waals surface area contributed by atoms with Gasteiger partial charge in [0.15, 0.2) is 0 Å². The summed E-state index contributed by atoms with van der Waals surface area (Å²) in [6.45, 7) is 12.4. The molecule has 148 valence electrons. The highest BCUT2D eigenvalue weighted by Gasteiger charge is 2.37. The van der Waals surface area contributed by atoms with Crippen LogP contribution in [0.4, 0.5) is 0 Å². The molecule has 0 unspecified atom stereocenters. The number of fused-ring (bicyclic) bond motifs is 1. The maximum atomic E-state index is 4.85. The molecule has 4 heteroatoms. The van der Waals surface area contributed by atoms with Gasteiger partial charge in [-0.05, 0) is 23.6 Å². The summed E-state index contributed by atoms with van der Waals surface area (Å²) in [5, 5.41) is 0. The second-order valence-electron chi connectivity index (χ2n) is 8.16. The highest BCUT2D eigenvalue weighted by Crippen LogP contribution is 2.36. The molecule has 0 saturated heterocycles.